The number of rotatable bonds is 5. The van der Waals surface area contributed by atoms with Crippen molar-refractivity contribution in [2.24, 2.45) is 5.92 Å². The number of hydrogen-bond acceptors (Lipinski definition) is 3. The number of carbonyl (C=O) groups excluding carboxylic acids is 1. The van der Waals surface area contributed by atoms with Gasteiger partial charge in [0.1, 0.15) is 5.02 Å². The number of nitrogens with one attached hydrogen (secondary N) is 1. The lowest BCUT2D eigenvalue weighted by Gasteiger charge is -2.05. The molecule has 1 fully saturated rings. The van der Waals surface area contributed by atoms with Crippen molar-refractivity contribution >= 4 is 23.2 Å². The lowest BCUT2D eigenvalue weighted by molar-refractivity contribution is -0.384. The third-order valence-electron chi connectivity index (χ3n) is 2.94. The fourth-order valence-electron chi connectivity index (χ4n) is 1.69. The van der Waals surface area contributed by atoms with Crippen LogP contribution >= 0.6 is 11.6 Å². The Morgan fingerprint density at radius 1 is 1.50 bits per heavy atom. The Morgan fingerprint density at radius 3 is 2.83 bits per heavy atom. The minimum Gasteiger partial charge on any atom is -0.352 e. The van der Waals surface area contributed by atoms with E-state index in [1.807, 2.05) is 0 Å². The van der Waals surface area contributed by atoms with Crippen molar-refractivity contribution in [2.75, 3.05) is 6.54 Å². The van der Waals surface area contributed by atoms with Crippen LogP contribution in [0.15, 0.2) is 18.2 Å². The van der Waals surface area contributed by atoms with Crippen LogP contribution in [0, 0.1) is 16.0 Å². The number of hydrogen-bond donors (Lipinski definition) is 1. The maximum Gasteiger partial charge on any atom is 0.288 e. The molecule has 1 aliphatic carbocycles. The van der Waals surface area contributed by atoms with Crippen LogP contribution in [0.2, 0.25) is 5.02 Å². The normalized spacial score (nSPS) is 14.3. The molecule has 1 aromatic carbocycles. The highest BCUT2D eigenvalue weighted by Gasteiger charge is 2.21. The smallest absolute Gasteiger partial charge is 0.288 e. The van der Waals surface area contributed by atoms with Gasteiger partial charge in [0.2, 0.25) is 0 Å². The number of nitro benzene ring substituents is 1. The zero-order chi connectivity index (χ0) is 13.1. The zero-order valence-electron chi connectivity index (χ0n) is 9.69. The first-order valence-electron chi connectivity index (χ1n) is 5.80. The molecular weight excluding hydrogens is 256 g/mol. The van der Waals surface area contributed by atoms with Crippen molar-refractivity contribution in [3.8, 4) is 0 Å². The molecule has 0 aromatic heterocycles. The molecule has 0 atom stereocenters. The van der Waals surface area contributed by atoms with E-state index in [-0.39, 0.29) is 22.2 Å². The topological polar surface area (TPSA) is 72.2 Å². The minimum absolute atomic E-state index is 0.0366. The number of nitrogens with zero attached hydrogens (tertiary/aromatic N) is 1. The van der Waals surface area contributed by atoms with Gasteiger partial charge in [-0.15, -0.1) is 0 Å². The Hall–Kier alpha value is -1.62. The first-order valence-corrected chi connectivity index (χ1v) is 6.18. The highest BCUT2D eigenvalue weighted by molar-refractivity contribution is 6.32. The summed E-state index contributed by atoms with van der Waals surface area (Å²) >= 11 is 5.68. The van der Waals surface area contributed by atoms with E-state index in [9.17, 15) is 14.9 Å². The summed E-state index contributed by atoms with van der Waals surface area (Å²) in [5.74, 6) is 0.445. The maximum atomic E-state index is 11.8. The van der Waals surface area contributed by atoms with Gasteiger partial charge < -0.3 is 5.32 Å². The highest BCUT2D eigenvalue weighted by Crippen LogP contribution is 2.31. The van der Waals surface area contributed by atoms with Gasteiger partial charge in [-0.1, -0.05) is 24.4 Å². The highest BCUT2D eigenvalue weighted by atomic mass is 35.5. The van der Waals surface area contributed by atoms with Gasteiger partial charge in [-0.05, 0) is 24.5 Å². The molecule has 0 spiro atoms. The van der Waals surface area contributed by atoms with E-state index in [0.717, 1.165) is 12.3 Å². The molecule has 1 aromatic rings. The van der Waals surface area contributed by atoms with Gasteiger partial charge in [-0.25, -0.2) is 0 Å². The van der Waals surface area contributed by atoms with Crippen molar-refractivity contribution < 1.29 is 9.72 Å². The number of halogens is 1. The Balaban J connectivity index is 2.00. The van der Waals surface area contributed by atoms with Gasteiger partial charge in [0.15, 0.2) is 0 Å². The van der Waals surface area contributed by atoms with E-state index < -0.39 is 4.92 Å². The molecule has 6 heteroatoms. The van der Waals surface area contributed by atoms with Crippen LogP contribution in [-0.2, 0) is 0 Å². The monoisotopic (exact) mass is 268 g/mol. The van der Waals surface area contributed by atoms with Gasteiger partial charge in [0.05, 0.1) is 4.92 Å². The molecule has 1 saturated carbocycles. The van der Waals surface area contributed by atoms with Crippen LogP contribution in [0.1, 0.15) is 29.6 Å². The van der Waals surface area contributed by atoms with Crippen molar-refractivity contribution in [1.29, 1.82) is 0 Å². The summed E-state index contributed by atoms with van der Waals surface area (Å²) in [7, 11) is 0. The standard InChI is InChI=1S/C12H13ClN2O3/c13-10-4-3-9(7-11(10)15(17)18)12(16)14-6-5-8-1-2-8/h3-4,7-8H,1-2,5-6H2,(H,14,16). The predicted molar refractivity (Wildman–Crippen MR) is 67.8 cm³/mol. The quantitative estimate of drug-likeness (QED) is 0.659. The van der Waals surface area contributed by atoms with Crippen LogP contribution in [-0.4, -0.2) is 17.4 Å². The first kappa shape index (κ1) is 12.8. The van der Waals surface area contributed by atoms with Gasteiger partial charge in [0, 0.05) is 18.2 Å². The molecule has 0 radical (unpaired) electrons. The summed E-state index contributed by atoms with van der Waals surface area (Å²) in [6.45, 7) is 0.611. The molecule has 18 heavy (non-hydrogen) atoms. The Kier molecular flexibility index (Phi) is 3.81. The maximum absolute atomic E-state index is 11.8. The Labute approximate surface area is 109 Å². The van der Waals surface area contributed by atoms with Crippen LogP contribution in [0.5, 0.6) is 0 Å². The Bertz CT molecular complexity index is 486. The van der Waals surface area contributed by atoms with E-state index in [1.54, 1.807) is 0 Å². The van der Waals surface area contributed by atoms with Crippen molar-refractivity contribution in [3.63, 3.8) is 0 Å². The van der Waals surface area contributed by atoms with Crippen LogP contribution in [0.4, 0.5) is 5.69 Å². The zero-order valence-corrected chi connectivity index (χ0v) is 10.4. The summed E-state index contributed by atoms with van der Waals surface area (Å²) in [6, 6.07) is 4.06. The molecule has 1 amide bonds. The average molecular weight is 269 g/mol. The molecule has 0 saturated heterocycles. The summed E-state index contributed by atoms with van der Waals surface area (Å²) in [5.41, 5.74) is 0.0217. The first-order chi connectivity index (χ1) is 8.58. The fourth-order valence-corrected chi connectivity index (χ4v) is 1.88. The summed E-state index contributed by atoms with van der Waals surface area (Å²) < 4.78 is 0. The third-order valence-corrected chi connectivity index (χ3v) is 3.26. The fraction of sp³-hybridized carbons (Fsp3) is 0.417. The molecule has 0 bridgehead atoms. The van der Waals surface area contributed by atoms with Crippen molar-refractivity contribution in [1.82, 2.24) is 5.32 Å². The van der Waals surface area contributed by atoms with E-state index in [2.05, 4.69) is 5.32 Å². The van der Waals surface area contributed by atoms with Gasteiger partial charge in [0.25, 0.3) is 11.6 Å². The second-order valence-electron chi connectivity index (χ2n) is 4.41. The SMILES string of the molecule is O=C(NCCC1CC1)c1ccc(Cl)c([N+](=O)[O-])c1. The molecule has 96 valence electrons. The number of amides is 1. The van der Waals surface area contributed by atoms with E-state index in [1.165, 1.54) is 31.0 Å². The van der Waals surface area contributed by atoms with Crippen LogP contribution in [0.3, 0.4) is 0 Å². The van der Waals surface area contributed by atoms with Crippen LogP contribution in [0.25, 0.3) is 0 Å². The molecule has 0 unspecified atom stereocenters. The molecule has 5 nitrogen and oxygen atoms in total. The second-order valence-corrected chi connectivity index (χ2v) is 4.82. The number of carbonyl (C=O) groups is 1. The lowest BCUT2D eigenvalue weighted by Crippen LogP contribution is -2.24. The van der Waals surface area contributed by atoms with Crippen LogP contribution < -0.4 is 5.32 Å². The predicted octanol–water partition coefficient (Wildman–Crippen LogP) is 2.78. The summed E-state index contributed by atoms with van der Waals surface area (Å²) in [4.78, 5) is 21.9. The second kappa shape index (κ2) is 5.35. The summed E-state index contributed by atoms with van der Waals surface area (Å²) in [5, 5.41) is 13.5. The van der Waals surface area contributed by atoms with Crippen molar-refractivity contribution in [3.05, 3.63) is 38.9 Å². The lowest BCUT2D eigenvalue weighted by atomic mass is 10.2. The molecule has 0 heterocycles. The van der Waals surface area contributed by atoms with E-state index >= 15 is 0 Å². The third kappa shape index (κ3) is 3.20. The van der Waals surface area contributed by atoms with Gasteiger partial charge >= 0.3 is 0 Å². The number of benzene rings is 1. The van der Waals surface area contributed by atoms with Gasteiger partial charge in [-0.3, -0.25) is 14.9 Å². The van der Waals surface area contributed by atoms with E-state index in [0.29, 0.717) is 6.54 Å². The molecule has 1 N–H and O–H groups in total. The Morgan fingerprint density at radius 2 is 2.22 bits per heavy atom. The molecular formula is C12H13ClN2O3. The van der Waals surface area contributed by atoms with Gasteiger partial charge in [-0.2, -0.15) is 0 Å². The average Bonchev–Trinajstić information content (AvgIpc) is 3.13. The largest absolute Gasteiger partial charge is 0.352 e. The molecule has 2 rings (SSSR count). The molecule has 1 aliphatic rings. The van der Waals surface area contributed by atoms with E-state index in [4.69, 9.17) is 11.6 Å². The minimum atomic E-state index is -0.594. The molecule has 0 aliphatic heterocycles. The number of nitro groups is 1. The summed E-state index contributed by atoms with van der Waals surface area (Å²) in [6.07, 6.45) is 3.45. The van der Waals surface area contributed by atoms with Crippen molar-refractivity contribution in [2.45, 2.75) is 19.3 Å².